The number of ether oxygens (including phenoxy) is 2. The Morgan fingerprint density at radius 2 is 1.86 bits per heavy atom. The Balaban J connectivity index is 1.75. The van der Waals surface area contributed by atoms with Gasteiger partial charge in [0.2, 0.25) is 5.91 Å². The van der Waals surface area contributed by atoms with Gasteiger partial charge in [0.15, 0.2) is 0 Å². The first-order valence-corrected chi connectivity index (χ1v) is 9.37. The highest BCUT2D eigenvalue weighted by Gasteiger charge is 2.25. The van der Waals surface area contributed by atoms with Crippen LogP contribution in [0.2, 0.25) is 0 Å². The zero-order valence-electron chi connectivity index (χ0n) is 16.9. The van der Waals surface area contributed by atoms with Crippen LogP contribution in [-0.2, 0) is 9.53 Å². The standard InChI is InChI=1S/C20H29N3O5/c1-20(2,3)28-19(26)21-13-17(24)23-10-8-15(9-11-23)22-18(25)14-6-5-7-16(12-14)27-4/h5-7,12,15H,8-11,13H2,1-4H3,(H,21,26)(H,22,25). The van der Waals surface area contributed by atoms with Crippen molar-refractivity contribution < 1.29 is 23.9 Å². The van der Waals surface area contributed by atoms with Gasteiger partial charge >= 0.3 is 6.09 Å². The summed E-state index contributed by atoms with van der Waals surface area (Å²) in [4.78, 5) is 37.9. The van der Waals surface area contributed by atoms with Crippen LogP contribution < -0.4 is 15.4 Å². The molecule has 8 heteroatoms. The van der Waals surface area contributed by atoms with E-state index in [1.165, 1.54) is 0 Å². The molecule has 1 aromatic rings. The number of rotatable bonds is 5. The summed E-state index contributed by atoms with van der Waals surface area (Å²) in [5.41, 5.74) is -0.0636. The smallest absolute Gasteiger partial charge is 0.408 e. The molecule has 3 amide bonds. The van der Waals surface area contributed by atoms with Gasteiger partial charge in [-0.1, -0.05) is 6.07 Å². The SMILES string of the molecule is COc1cccc(C(=O)NC2CCN(C(=O)CNC(=O)OC(C)(C)C)CC2)c1. The first-order valence-electron chi connectivity index (χ1n) is 9.37. The molecule has 1 aromatic carbocycles. The molecule has 0 unspecified atom stereocenters. The highest BCUT2D eigenvalue weighted by Crippen LogP contribution is 2.15. The van der Waals surface area contributed by atoms with Gasteiger partial charge in [-0.05, 0) is 51.8 Å². The Hall–Kier alpha value is -2.77. The number of methoxy groups -OCH3 is 1. The summed E-state index contributed by atoms with van der Waals surface area (Å²) < 4.78 is 10.3. The number of benzene rings is 1. The highest BCUT2D eigenvalue weighted by atomic mass is 16.6. The molecule has 1 fully saturated rings. The highest BCUT2D eigenvalue weighted by molar-refractivity contribution is 5.94. The van der Waals surface area contributed by atoms with Crippen molar-refractivity contribution in [2.75, 3.05) is 26.7 Å². The number of carbonyl (C=O) groups is 3. The van der Waals surface area contributed by atoms with Gasteiger partial charge in [0.25, 0.3) is 5.91 Å². The van der Waals surface area contributed by atoms with Gasteiger partial charge < -0.3 is 25.0 Å². The molecular formula is C20H29N3O5. The van der Waals surface area contributed by atoms with Crippen LogP contribution in [0.4, 0.5) is 4.79 Å². The van der Waals surface area contributed by atoms with Crippen molar-refractivity contribution in [3.63, 3.8) is 0 Å². The summed E-state index contributed by atoms with van der Waals surface area (Å²) in [5, 5.41) is 5.48. The van der Waals surface area contributed by atoms with Gasteiger partial charge in [0, 0.05) is 24.7 Å². The number of nitrogens with one attached hydrogen (secondary N) is 2. The largest absolute Gasteiger partial charge is 0.497 e. The number of carbonyl (C=O) groups excluding carboxylic acids is 3. The number of alkyl carbamates (subject to hydrolysis) is 1. The Morgan fingerprint density at radius 3 is 2.46 bits per heavy atom. The zero-order chi connectivity index (χ0) is 20.7. The third kappa shape index (κ3) is 6.75. The van der Waals surface area contributed by atoms with Gasteiger partial charge in [-0.2, -0.15) is 0 Å². The molecule has 154 valence electrons. The van der Waals surface area contributed by atoms with E-state index in [1.807, 2.05) is 0 Å². The van der Waals surface area contributed by atoms with Crippen LogP contribution in [0.5, 0.6) is 5.75 Å². The van der Waals surface area contributed by atoms with Gasteiger partial charge in [-0.15, -0.1) is 0 Å². The summed E-state index contributed by atoms with van der Waals surface area (Å²) in [5.74, 6) is 0.309. The number of nitrogens with zero attached hydrogens (tertiary/aromatic N) is 1. The normalized spacial score (nSPS) is 14.9. The second-order valence-electron chi connectivity index (χ2n) is 7.72. The van der Waals surface area contributed by atoms with Crippen molar-refractivity contribution in [2.24, 2.45) is 0 Å². The van der Waals surface area contributed by atoms with Gasteiger partial charge in [-0.3, -0.25) is 9.59 Å². The van der Waals surface area contributed by atoms with Crippen molar-refractivity contribution in [1.29, 1.82) is 0 Å². The monoisotopic (exact) mass is 391 g/mol. The topological polar surface area (TPSA) is 97.0 Å². The minimum atomic E-state index is -0.610. The Labute approximate surface area is 165 Å². The second-order valence-corrected chi connectivity index (χ2v) is 7.72. The fraction of sp³-hybridized carbons (Fsp3) is 0.550. The number of amides is 3. The predicted octanol–water partition coefficient (Wildman–Crippen LogP) is 1.94. The molecule has 1 saturated heterocycles. The van der Waals surface area contributed by atoms with Crippen LogP contribution >= 0.6 is 0 Å². The molecule has 0 aliphatic carbocycles. The van der Waals surface area contributed by atoms with Gasteiger partial charge in [0.1, 0.15) is 17.9 Å². The molecule has 0 saturated carbocycles. The lowest BCUT2D eigenvalue weighted by atomic mass is 10.0. The number of hydrogen-bond acceptors (Lipinski definition) is 5. The fourth-order valence-electron chi connectivity index (χ4n) is 2.88. The van der Waals surface area contributed by atoms with Gasteiger partial charge in [-0.25, -0.2) is 4.79 Å². The van der Waals surface area contributed by atoms with Crippen LogP contribution in [0, 0.1) is 0 Å². The third-order valence-electron chi connectivity index (χ3n) is 4.30. The van der Waals surface area contributed by atoms with E-state index in [2.05, 4.69) is 10.6 Å². The average molecular weight is 391 g/mol. The molecule has 2 rings (SSSR count). The van der Waals surface area contributed by atoms with E-state index in [4.69, 9.17) is 9.47 Å². The third-order valence-corrected chi connectivity index (χ3v) is 4.30. The van der Waals surface area contributed by atoms with E-state index in [-0.39, 0.29) is 24.4 Å². The van der Waals surface area contributed by atoms with Crippen molar-refractivity contribution >= 4 is 17.9 Å². The van der Waals surface area contributed by atoms with E-state index in [0.29, 0.717) is 37.2 Å². The van der Waals surface area contributed by atoms with Crippen LogP contribution in [0.25, 0.3) is 0 Å². The average Bonchev–Trinajstić information content (AvgIpc) is 2.65. The molecule has 1 aliphatic heterocycles. The van der Waals surface area contributed by atoms with Crippen molar-refractivity contribution in [2.45, 2.75) is 45.3 Å². The first kappa shape index (κ1) is 21.5. The lowest BCUT2D eigenvalue weighted by molar-refractivity contribution is -0.131. The van der Waals surface area contributed by atoms with E-state index in [0.717, 1.165) is 0 Å². The molecule has 8 nitrogen and oxygen atoms in total. The van der Waals surface area contributed by atoms with Crippen LogP contribution in [-0.4, -0.2) is 61.2 Å². The van der Waals surface area contributed by atoms with Crippen molar-refractivity contribution in [1.82, 2.24) is 15.5 Å². The molecule has 28 heavy (non-hydrogen) atoms. The molecule has 0 atom stereocenters. The number of hydrogen-bond donors (Lipinski definition) is 2. The fourth-order valence-corrected chi connectivity index (χ4v) is 2.88. The minimum absolute atomic E-state index is 0.00145. The maximum atomic E-state index is 12.4. The van der Waals surface area contributed by atoms with Crippen LogP contribution in [0.3, 0.4) is 0 Å². The molecule has 0 spiro atoms. The van der Waals surface area contributed by atoms with Gasteiger partial charge in [0.05, 0.1) is 7.11 Å². The predicted molar refractivity (Wildman–Crippen MR) is 104 cm³/mol. The summed E-state index contributed by atoms with van der Waals surface area (Å²) >= 11 is 0. The summed E-state index contributed by atoms with van der Waals surface area (Å²) in [6.07, 6.45) is 0.711. The molecule has 1 aliphatic rings. The van der Waals surface area contributed by atoms with E-state index in [9.17, 15) is 14.4 Å². The number of likely N-dealkylation sites (tertiary alicyclic amines) is 1. The molecular weight excluding hydrogens is 362 g/mol. The first-order chi connectivity index (χ1) is 13.2. The maximum absolute atomic E-state index is 12.4. The quantitative estimate of drug-likeness (QED) is 0.800. The lowest BCUT2D eigenvalue weighted by Crippen LogP contribution is -2.49. The van der Waals surface area contributed by atoms with E-state index >= 15 is 0 Å². The van der Waals surface area contributed by atoms with Crippen LogP contribution in [0.15, 0.2) is 24.3 Å². The maximum Gasteiger partial charge on any atom is 0.408 e. The molecule has 1 heterocycles. The Bertz CT molecular complexity index is 706. The Kier molecular flexibility index (Phi) is 7.25. The zero-order valence-corrected chi connectivity index (χ0v) is 16.9. The minimum Gasteiger partial charge on any atom is -0.497 e. The summed E-state index contributed by atoms with van der Waals surface area (Å²) in [6, 6.07) is 6.98. The summed E-state index contributed by atoms with van der Waals surface area (Å²) in [6.45, 7) is 6.24. The molecule has 0 aromatic heterocycles. The van der Waals surface area contributed by atoms with Crippen LogP contribution in [0.1, 0.15) is 44.0 Å². The van der Waals surface area contributed by atoms with E-state index < -0.39 is 11.7 Å². The number of piperidine rings is 1. The molecule has 0 radical (unpaired) electrons. The molecule has 2 N–H and O–H groups in total. The van der Waals surface area contributed by atoms with Crippen molar-refractivity contribution in [3.05, 3.63) is 29.8 Å². The summed E-state index contributed by atoms with van der Waals surface area (Å²) in [7, 11) is 1.56. The van der Waals surface area contributed by atoms with Crippen molar-refractivity contribution in [3.8, 4) is 5.75 Å². The lowest BCUT2D eigenvalue weighted by Gasteiger charge is -2.32. The molecule has 0 bridgehead atoms. The van der Waals surface area contributed by atoms with E-state index in [1.54, 1.807) is 57.0 Å². The second kappa shape index (κ2) is 9.43. The Morgan fingerprint density at radius 1 is 1.18 bits per heavy atom.